The number of hydrogen-bond donors (Lipinski definition) is 1. The highest BCUT2D eigenvalue weighted by molar-refractivity contribution is 8.00. The molecule has 1 aromatic rings. The summed E-state index contributed by atoms with van der Waals surface area (Å²) >= 11 is 1.65. The van der Waals surface area contributed by atoms with Crippen LogP contribution in [0.1, 0.15) is 24.0 Å². The quantitative estimate of drug-likeness (QED) is 0.866. The Kier molecular flexibility index (Phi) is 5.49. The number of nitrogens with one attached hydrogen (secondary N) is 1. The molecule has 1 heterocycles. The van der Waals surface area contributed by atoms with Crippen LogP contribution in [0.15, 0.2) is 23.1 Å². The zero-order valence-electron chi connectivity index (χ0n) is 12.6. The number of carbonyl (C=O) groups is 1. The first kappa shape index (κ1) is 15.4. The van der Waals surface area contributed by atoms with E-state index in [0.29, 0.717) is 11.8 Å². The highest BCUT2D eigenvalue weighted by Gasteiger charge is 2.21. The first-order chi connectivity index (χ1) is 9.58. The molecule has 3 nitrogen and oxygen atoms in total. The van der Waals surface area contributed by atoms with Gasteiger partial charge in [0, 0.05) is 18.0 Å². The highest BCUT2D eigenvalue weighted by Crippen LogP contribution is 2.24. The average Bonchev–Trinajstić information content (AvgIpc) is 2.48. The molecule has 0 aliphatic carbocycles. The van der Waals surface area contributed by atoms with Crippen LogP contribution in [0.2, 0.25) is 0 Å². The Morgan fingerprint density at radius 3 is 2.75 bits per heavy atom. The standard InChI is InChI=1S/C16H24N2OS/c1-12-4-5-13(2)15(10-12)20-11-16(19)18(3)14-6-8-17-9-7-14/h4-5,10,14,17H,6-9,11H2,1-3H3. The van der Waals surface area contributed by atoms with Crippen LogP contribution < -0.4 is 5.32 Å². The van der Waals surface area contributed by atoms with E-state index in [1.807, 2.05) is 11.9 Å². The van der Waals surface area contributed by atoms with Crippen LogP contribution in [0.25, 0.3) is 0 Å². The smallest absolute Gasteiger partial charge is 0.232 e. The Morgan fingerprint density at radius 1 is 1.35 bits per heavy atom. The van der Waals surface area contributed by atoms with E-state index in [0.717, 1.165) is 25.9 Å². The molecule has 4 heteroatoms. The Bertz CT molecular complexity index is 470. The number of amides is 1. The van der Waals surface area contributed by atoms with Gasteiger partial charge in [0.2, 0.25) is 5.91 Å². The monoisotopic (exact) mass is 292 g/mol. The van der Waals surface area contributed by atoms with Crippen molar-refractivity contribution < 1.29 is 4.79 Å². The third-order valence-corrected chi connectivity index (χ3v) is 5.09. The van der Waals surface area contributed by atoms with Gasteiger partial charge in [0.25, 0.3) is 0 Å². The third-order valence-electron chi connectivity index (χ3n) is 3.94. The number of carbonyl (C=O) groups excluding carboxylic acids is 1. The molecule has 1 aliphatic heterocycles. The lowest BCUT2D eigenvalue weighted by Gasteiger charge is -2.31. The number of thioether (sulfide) groups is 1. The van der Waals surface area contributed by atoms with E-state index < -0.39 is 0 Å². The second-order valence-electron chi connectivity index (χ2n) is 5.54. The van der Waals surface area contributed by atoms with Gasteiger partial charge in [0.05, 0.1) is 5.75 Å². The average molecular weight is 292 g/mol. The second kappa shape index (κ2) is 7.14. The molecule has 0 bridgehead atoms. The molecule has 1 aromatic carbocycles. The minimum atomic E-state index is 0.239. The first-order valence-electron chi connectivity index (χ1n) is 7.24. The molecule has 0 spiro atoms. The topological polar surface area (TPSA) is 32.3 Å². The summed E-state index contributed by atoms with van der Waals surface area (Å²) in [6, 6.07) is 6.81. The maximum absolute atomic E-state index is 12.3. The summed E-state index contributed by atoms with van der Waals surface area (Å²) < 4.78 is 0. The Hall–Kier alpha value is -1.00. The lowest BCUT2D eigenvalue weighted by atomic mass is 10.1. The predicted molar refractivity (Wildman–Crippen MR) is 85.3 cm³/mol. The van der Waals surface area contributed by atoms with Crippen molar-refractivity contribution in [3.63, 3.8) is 0 Å². The van der Waals surface area contributed by atoms with E-state index in [2.05, 4.69) is 37.4 Å². The summed E-state index contributed by atoms with van der Waals surface area (Å²) in [7, 11) is 1.95. The van der Waals surface area contributed by atoms with Crippen molar-refractivity contribution in [2.75, 3.05) is 25.9 Å². The molecule has 1 saturated heterocycles. The van der Waals surface area contributed by atoms with Gasteiger partial charge in [0.15, 0.2) is 0 Å². The van der Waals surface area contributed by atoms with Crippen LogP contribution in [0.5, 0.6) is 0 Å². The molecule has 1 fully saturated rings. The molecule has 0 saturated carbocycles. The molecular formula is C16H24N2OS. The van der Waals surface area contributed by atoms with Gasteiger partial charge < -0.3 is 10.2 Å². The summed E-state index contributed by atoms with van der Waals surface area (Å²) in [6.07, 6.45) is 2.13. The number of piperidine rings is 1. The van der Waals surface area contributed by atoms with Gasteiger partial charge in [-0.3, -0.25) is 4.79 Å². The third kappa shape index (κ3) is 4.00. The number of rotatable bonds is 4. The van der Waals surface area contributed by atoms with Crippen LogP contribution in [-0.4, -0.2) is 42.7 Å². The fraction of sp³-hybridized carbons (Fsp3) is 0.562. The van der Waals surface area contributed by atoms with E-state index in [1.165, 1.54) is 16.0 Å². The van der Waals surface area contributed by atoms with Crippen molar-refractivity contribution in [1.82, 2.24) is 10.2 Å². The van der Waals surface area contributed by atoms with Crippen molar-refractivity contribution in [2.45, 2.75) is 37.6 Å². The van der Waals surface area contributed by atoms with Crippen LogP contribution in [0.3, 0.4) is 0 Å². The van der Waals surface area contributed by atoms with Crippen LogP contribution in [0, 0.1) is 13.8 Å². The van der Waals surface area contributed by atoms with Crippen molar-refractivity contribution in [2.24, 2.45) is 0 Å². The Morgan fingerprint density at radius 2 is 2.05 bits per heavy atom. The first-order valence-corrected chi connectivity index (χ1v) is 8.23. The number of benzene rings is 1. The molecule has 1 N–H and O–H groups in total. The van der Waals surface area contributed by atoms with E-state index in [-0.39, 0.29) is 5.91 Å². The minimum absolute atomic E-state index is 0.239. The maximum atomic E-state index is 12.3. The predicted octanol–water partition coefficient (Wildman–Crippen LogP) is 2.61. The molecular weight excluding hydrogens is 268 g/mol. The maximum Gasteiger partial charge on any atom is 0.232 e. The van der Waals surface area contributed by atoms with Gasteiger partial charge in [-0.2, -0.15) is 0 Å². The Labute approximate surface area is 126 Å². The zero-order chi connectivity index (χ0) is 14.5. The molecule has 0 atom stereocenters. The van der Waals surface area contributed by atoms with Gasteiger partial charge in [-0.15, -0.1) is 11.8 Å². The van der Waals surface area contributed by atoms with Crippen molar-refractivity contribution >= 4 is 17.7 Å². The fourth-order valence-electron chi connectivity index (χ4n) is 2.50. The molecule has 20 heavy (non-hydrogen) atoms. The van der Waals surface area contributed by atoms with Gasteiger partial charge in [-0.25, -0.2) is 0 Å². The normalized spacial score (nSPS) is 16.1. The Balaban J connectivity index is 1.89. The van der Waals surface area contributed by atoms with E-state index in [1.54, 1.807) is 11.8 Å². The SMILES string of the molecule is Cc1ccc(C)c(SCC(=O)N(C)C2CCNCC2)c1. The highest BCUT2D eigenvalue weighted by atomic mass is 32.2. The van der Waals surface area contributed by atoms with E-state index in [4.69, 9.17) is 0 Å². The molecule has 2 rings (SSSR count). The molecule has 0 unspecified atom stereocenters. The van der Waals surface area contributed by atoms with Crippen LogP contribution >= 0.6 is 11.8 Å². The van der Waals surface area contributed by atoms with E-state index >= 15 is 0 Å². The van der Waals surface area contributed by atoms with Gasteiger partial charge in [-0.05, 0) is 51.4 Å². The van der Waals surface area contributed by atoms with Gasteiger partial charge in [0.1, 0.15) is 0 Å². The lowest BCUT2D eigenvalue weighted by molar-refractivity contribution is -0.129. The lowest BCUT2D eigenvalue weighted by Crippen LogP contribution is -2.44. The van der Waals surface area contributed by atoms with Gasteiger partial charge in [-0.1, -0.05) is 17.7 Å². The molecule has 1 aliphatic rings. The van der Waals surface area contributed by atoms with Crippen LogP contribution in [0.4, 0.5) is 0 Å². The molecule has 0 radical (unpaired) electrons. The minimum Gasteiger partial charge on any atom is -0.342 e. The summed E-state index contributed by atoms with van der Waals surface area (Å²) in [5, 5.41) is 3.34. The summed E-state index contributed by atoms with van der Waals surface area (Å²) in [6.45, 7) is 6.23. The van der Waals surface area contributed by atoms with Gasteiger partial charge >= 0.3 is 0 Å². The number of hydrogen-bond acceptors (Lipinski definition) is 3. The summed E-state index contributed by atoms with van der Waals surface area (Å²) in [5.74, 6) is 0.771. The van der Waals surface area contributed by atoms with Crippen molar-refractivity contribution in [3.8, 4) is 0 Å². The molecule has 0 aromatic heterocycles. The fourth-order valence-corrected chi connectivity index (χ4v) is 3.55. The summed E-state index contributed by atoms with van der Waals surface area (Å²) in [4.78, 5) is 15.5. The molecule has 1 amide bonds. The number of nitrogens with zero attached hydrogens (tertiary/aromatic N) is 1. The van der Waals surface area contributed by atoms with Crippen molar-refractivity contribution in [3.05, 3.63) is 29.3 Å². The summed E-state index contributed by atoms with van der Waals surface area (Å²) in [5.41, 5.74) is 2.50. The number of aryl methyl sites for hydroxylation is 2. The largest absolute Gasteiger partial charge is 0.342 e. The van der Waals surface area contributed by atoms with E-state index in [9.17, 15) is 4.79 Å². The second-order valence-corrected chi connectivity index (χ2v) is 6.56. The molecule has 110 valence electrons. The zero-order valence-corrected chi connectivity index (χ0v) is 13.4. The van der Waals surface area contributed by atoms with Crippen LogP contribution in [-0.2, 0) is 4.79 Å². The van der Waals surface area contributed by atoms with Crippen molar-refractivity contribution in [1.29, 1.82) is 0 Å².